The van der Waals surface area contributed by atoms with E-state index in [4.69, 9.17) is 0 Å². The average molecular weight is 283 g/mol. The first kappa shape index (κ1) is 14.0. The van der Waals surface area contributed by atoms with Gasteiger partial charge >= 0.3 is 5.97 Å². The molecule has 1 heterocycles. The molecule has 0 aromatic heterocycles. The fourth-order valence-corrected chi connectivity index (χ4v) is 4.10. The molecule has 1 aromatic carbocycles. The minimum Gasteiger partial charge on any atom is -0.480 e. The van der Waals surface area contributed by atoms with E-state index in [2.05, 4.69) is 5.32 Å². The Labute approximate surface area is 112 Å². The number of carboxylic acids is 1. The van der Waals surface area contributed by atoms with Crippen LogP contribution in [0.2, 0.25) is 0 Å². The second-order valence-electron chi connectivity index (χ2n) is 4.70. The number of benzene rings is 1. The van der Waals surface area contributed by atoms with Gasteiger partial charge in [0.1, 0.15) is 5.54 Å². The Kier molecular flexibility index (Phi) is 3.64. The van der Waals surface area contributed by atoms with Gasteiger partial charge in [0.15, 0.2) is 9.84 Å². The van der Waals surface area contributed by atoms with Crippen LogP contribution in [0.4, 0.5) is 0 Å². The molecule has 19 heavy (non-hydrogen) atoms. The predicted octanol–water partition coefficient (Wildman–Crippen LogP) is 1.14. The molecule has 104 valence electrons. The molecule has 0 radical (unpaired) electrons. The van der Waals surface area contributed by atoms with Crippen molar-refractivity contribution in [3.05, 3.63) is 29.8 Å². The molecule has 1 atom stereocenters. The summed E-state index contributed by atoms with van der Waals surface area (Å²) in [6.07, 6.45) is 0.839. The van der Waals surface area contributed by atoms with Crippen molar-refractivity contribution in [3.8, 4) is 0 Å². The molecular formula is C13H17NO4S. The molecule has 2 rings (SSSR count). The summed E-state index contributed by atoms with van der Waals surface area (Å²) < 4.78 is 24.1. The number of hydrogen-bond acceptors (Lipinski definition) is 4. The first-order valence-electron chi connectivity index (χ1n) is 6.25. The number of aliphatic carboxylic acids is 1. The highest BCUT2D eigenvalue weighted by molar-refractivity contribution is 7.91. The molecule has 0 aliphatic carbocycles. The SMILES string of the molecule is CCCNC1(C(=O)O)CCS(=O)(=O)c2ccccc21. The fourth-order valence-electron chi connectivity index (χ4n) is 2.44. The van der Waals surface area contributed by atoms with Crippen LogP contribution in [-0.2, 0) is 20.2 Å². The Hall–Kier alpha value is -1.40. The van der Waals surface area contributed by atoms with E-state index in [1.54, 1.807) is 18.2 Å². The maximum Gasteiger partial charge on any atom is 0.328 e. The van der Waals surface area contributed by atoms with Gasteiger partial charge < -0.3 is 5.11 Å². The zero-order valence-corrected chi connectivity index (χ0v) is 11.5. The molecule has 0 fully saturated rings. The number of carboxylic acid groups (broad SMARTS) is 1. The first-order chi connectivity index (χ1) is 8.94. The third-order valence-electron chi connectivity index (χ3n) is 3.47. The zero-order valence-electron chi connectivity index (χ0n) is 10.7. The highest BCUT2D eigenvalue weighted by Gasteiger charge is 2.47. The molecule has 1 aliphatic heterocycles. The molecule has 0 saturated heterocycles. The summed E-state index contributed by atoms with van der Waals surface area (Å²) in [6.45, 7) is 2.47. The molecule has 2 N–H and O–H groups in total. The molecule has 0 amide bonds. The van der Waals surface area contributed by atoms with E-state index in [1.807, 2.05) is 6.92 Å². The highest BCUT2D eigenvalue weighted by Crippen LogP contribution is 2.37. The van der Waals surface area contributed by atoms with Gasteiger partial charge in [-0.1, -0.05) is 25.1 Å². The van der Waals surface area contributed by atoms with Gasteiger partial charge in [0.05, 0.1) is 10.6 Å². The van der Waals surface area contributed by atoms with Crippen LogP contribution in [0.15, 0.2) is 29.2 Å². The molecule has 0 saturated carbocycles. The topological polar surface area (TPSA) is 83.5 Å². The van der Waals surface area contributed by atoms with Crippen LogP contribution in [0.3, 0.4) is 0 Å². The number of rotatable bonds is 4. The van der Waals surface area contributed by atoms with Gasteiger partial charge in [-0.05, 0) is 25.5 Å². The van der Waals surface area contributed by atoms with E-state index < -0.39 is 21.3 Å². The second-order valence-corrected chi connectivity index (χ2v) is 6.78. The van der Waals surface area contributed by atoms with Crippen molar-refractivity contribution >= 4 is 15.8 Å². The molecule has 1 unspecified atom stereocenters. The first-order valence-corrected chi connectivity index (χ1v) is 7.90. The number of carbonyl (C=O) groups is 1. The van der Waals surface area contributed by atoms with Gasteiger partial charge in [-0.25, -0.2) is 13.2 Å². The summed E-state index contributed by atoms with van der Waals surface area (Å²) >= 11 is 0. The van der Waals surface area contributed by atoms with Crippen molar-refractivity contribution in [2.24, 2.45) is 0 Å². The van der Waals surface area contributed by atoms with E-state index in [1.165, 1.54) is 6.07 Å². The third kappa shape index (κ3) is 2.26. The van der Waals surface area contributed by atoms with E-state index in [9.17, 15) is 18.3 Å². The van der Waals surface area contributed by atoms with Gasteiger partial charge in [0.25, 0.3) is 0 Å². The van der Waals surface area contributed by atoms with Crippen molar-refractivity contribution in [3.63, 3.8) is 0 Å². The maximum atomic E-state index is 12.0. The summed E-state index contributed by atoms with van der Waals surface area (Å²) in [5.74, 6) is -1.17. The summed E-state index contributed by atoms with van der Waals surface area (Å²) in [5, 5.41) is 12.6. The quantitative estimate of drug-likeness (QED) is 0.866. The largest absolute Gasteiger partial charge is 0.480 e. The zero-order chi connectivity index (χ0) is 14.1. The van der Waals surface area contributed by atoms with Crippen LogP contribution in [0, 0.1) is 0 Å². The van der Waals surface area contributed by atoms with Gasteiger partial charge in [0.2, 0.25) is 0 Å². The van der Waals surface area contributed by atoms with Gasteiger partial charge in [0, 0.05) is 5.56 Å². The standard InChI is InChI=1S/C13H17NO4S/c1-2-8-14-13(12(15)16)7-9-19(17,18)11-6-4-3-5-10(11)13/h3-6,14H,2,7-9H2,1H3,(H,15,16). The molecule has 0 bridgehead atoms. The summed E-state index contributed by atoms with van der Waals surface area (Å²) in [7, 11) is -3.37. The molecular weight excluding hydrogens is 266 g/mol. The van der Waals surface area contributed by atoms with Gasteiger partial charge in [-0.2, -0.15) is 0 Å². The van der Waals surface area contributed by atoms with E-state index in [0.29, 0.717) is 12.1 Å². The van der Waals surface area contributed by atoms with Crippen molar-refractivity contribution in [2.75, 3.05) is 12.3 Å². The molecule has 6 heteroatoms. The van der Waals surface area contributed by atoms with Crippen LogP contribution in [-0.4, -0.2) is 31.8 Å². The van der Waals surface area contributed by atoms with Crippen molar-refractivity contribution in [1.82, 2.24) is 5.32 Å². The summed E-state index contributed by atoms with van der Waals surface area (Å²) in [5.41, 5.74) is -0.944. The Balaban J connectivity index is 2.62. The number of hydrogen-bond donors (Lipinski definition) is 2. The Morgan fingerprint density at radius 3 is 2.74 bits per heavy atom. The minimum absolute atomic E-state index is 0.0572. The molecule has 1 aromatic rings. The van der Waals surface area contributed by atoms with Crippen molar-refractivity contribution in [2.45, 2.75) is 30.2 Å². The summed E-state index contributed by atoms with van der Waals surface area (Å²) in [4.78, 5) is 11.8. The fraction of sp³-hybridized carbons (Fsp3) is 0.462. The van der Waals surface area contributed by atoms with Crippen molar-refractivity contribution in [1.29, 1.82) is 0 Å². The van der Waals surface area contributed by atoms with Crippen LogP contribution in [0.5, 0.6) is 0 Å². The van der Waals surface area contributed by atoms with E-state index in [-0.39, 0.29) is 17.1 Å². The average Bonchev–Trinajstić information content (AvgIpc) is 2.38. The third-order valence-corrected chi connectivity index (χ3v) is 5.24. The lowest BCUT2D eigenvalue weighted by Gasteiger charge is -2.36. The second kappa shape index (κ2) is 4.94. The number of nitrogens with one attached hydrogen (secondary N) is 1. The van der Waals surface area contributed by atoms with Crippen LogP contribution < -0.4 is 5.32 Å². The van der Waals surface area contributed by atoms with Gasteiger partial charge in [-0.3, -0.25) is 5.32 Å². The lowest BCUT2D eigenvalue weighted by molar-refractivity contribution is -0.145. The Morgan fingerprint density at radius 1 is 1.42 bits per heavy atom. The lowest BCUT2D eigenvalue weighted by atomic mass is 9.86. The van der Waals surface area contributed by atoms with Crippen LogP contribution in [0.1, 0.15) is 25.3 Å². The van der Waals surface area contributed by atoms with E-state index >= 15 is 0 Å². The number of sulfone groups is 1. The molecule has 0 spiro atoms. The Morgan fingerprint density at radius 2 is 2.11 bits per heavy atom. The highest BCUT2D eigenvalue weighted by atomic mass is 32.2. The van der Waals surface area contributed by atoms with Crippen molar-refractivity contribution < 1.29 is 18.3 Å². The minimum atomic E-state index is -3.37. The predicted molar refractivity (Wildman–Crippen MR) is 70.7 cm³/mol. The van der Waals surface area contributed by atoms with Gasteiger partial charge in [-0.15, -0.1) is 0 Å². The van der Waals surface area contributed by atoms with E-state index in [0.717, 1.165) is 6.42 Å². The molecule has 1 aliphatic rings. The smallest absolute Gasteiger partial charge is 0.328 e. The van der Waals surface area contributed by atoms with Crippen LogP contribution in [0.25, 0.3) is 0 Å². The maximum absolute atomic E-state index is 12.0. The number of fused-ring (bicyclic) bond motifs is 1. The van der Waals surface area contributed by atoms with Crippen LogP contribution >= 0.6 is 0 Å². The summed E-state index contributed by atoms with van der Waals surface area (Å²) in [6, 6.07) is 6.36. The normalized spacial score (nSPS) is 24.7. The molecule has 5 nitrogen and oxygen atoms in total. The monoisotopic (exact) mass is 283 g/mol. The Bertz CT molecular complexity index is 596. The lowest BCUT2D eigenvalue weighted by Crippen LogP contribution is -2.53.